The van der Waals surface area contributed by atoms with Gasteiger partial charge in [-0.25, -0.2) is 29.9 Å². The van der Waals surface area contributed by atoms with Gasteiger partial charge in [-0.3, -0.25) is 19.9 Å². The molecule has 0 fully saturated rings. The van der Waals surface area contributed by atoms with Crippen molar-refractivity contribution in [2.75, 3.05) is 0 Å². The van der Waals surface area contributed by atoms with Crippen LogP contribution in [0.2, 0.25) is 0 Å². The number of nitrogens with zero attached hydrogens (tertiary/aromatic N) is 10. The number of rotatable bonds is 6. The fourth-order valence-electron chi connectivity index (χ4n) is 9.51. The topological polar surface area (TPSA) is 129 Å². The number of hydrogen-bond acceptors (Lipinski definition) is 10. The number of fused-ring (bicyclic) bond motifs is 4. The van der Waals surface area contributed by atoms with Gasteiger partial charge in [0.05, 0.1) is 22.1 Å². The van der Waals surface area contributed by atoms with Crippen molar-refractivity contribution >= 4 is 75.9 Å². The number of hydrogen-bond donors (Lipinski definition) is 0. The molecule has 0 aliphatic rings. The standard InChI is InChI=1S/C58H32N10/c1-3-9-35(10-4-1)53-63-55(41-25-39-29-47-37(13-7-23-59-47)27-49(39)61-31-41)67-57(65-53)45-21-17-33-16-20-44-46(22-18-34-15-19-43(45)51(33)52(34)44)58-66-54(36-11-5-2-6-12-36)64-56(68-58)42-26-40-30-48-38(14-8-24-60-48)28-50(40)62-32-42/h1-32H. The van der Waals surface area contributed by atoms with E-state index in [9.17, 15) is 0 Å². The first-order valence-corrected chi connectivity index (χ1v) is 22.3. The largest absolute Gasteiger partial charge is 0.256 e. The molecule has 6 aromatic heterocycles. The van der Waals surface area contributed by atoms with Crippen LogP contribution in [0.15, 0.2) is 195 Å². The van der Waals surface area contributed by atoms with Crippen molar-refractivity contribution < 1.29 is 0 Å². The third kappa shape index (κ3) is 6.27. The molecule has 6 heterocycles. The summed E-state index contributed by atoms with van der Waals surface area (Å²) < 4.78 is 0. The summed E-state index contributed by atoms with van der Waals surface area (Å²) in [5.41, 5.74) is 8.68. The van der Waals surface area contributed by atoms with Crippen LogP contribution in [0.4, 0.5) is 0 Å². The van der Waals surface area contributed by atoms with E-state index in [0.717, 1.165) is 109 Å². The maximum Gasteiger partial charge on any atom is 0.165 e. The van der Waals surface area contributed by atoms with E-state index in [1.54, 1.807) is 0 Å². The Bertz CT molecular complexity index is 4050. The van der Waals surface area contributed by atoms with Crippen LogP contribution in [0, 0.1) is 0 Å². The van der Waals surface area contributed by atoms with Crippen LogP contribution in [0.3, 0.4) is 0 Å². The van der Waals surface area contributed by atoms with E-state index in [0.29, 0.717) is 34.9 Å². The van der Waals surface area contributed by atoms with Gasteiger partial charge in [0, 0.05) is 79.7 Å². The van der Waals surface area contributed by atoms with E-state index in [4.69, 9.17) is 39.9 Å². The average molecular weight is 869 g/mol. The molecule has 68 heavy (non-hydrogen) atoms. The summed E-state index contributed by atoms with van der Waals surface area (Å²) in [4.78, 5) is 49.8. The minimum absolute atomic E-state index is 0.531. The Hall–Kier alpha value is -9.54. The molecule has 0 unspecified atom stereocenters. The third-order valence-corrected chi connectivity index (χ3v) is 12.8. The van der Waals surface area contributed by atoms with Crippen molar-refractivity contribution in [3.8, 4) is 68.3 Å². The van der Waals surface area contributed by atoms with Gasteiger partial charge >= 0.3 is 0 Å². The SMILES string of the molecule is c1ccc(-c2nc(-c3cnc4cc5cccnc5cc4c3)nc(-c3ccc4ccc5c(-c6nc(-c7ccccc7)nc(-c7cnc8cc9cccnc9cc8c7)n6)ccc6ccc3c4c65)n2)cc1. The van der Waals surface area contributed by atoms with Crippen molar-refractivity contribution in [2.24, 2.45) is 0 Å². The second-order valence-electron chi connectivity index (χ2n) is 16.9. The van der Waals surface area contributed by atoms with Crippen LogP contribution >= 0.6 is 0 Å². The molecule has 0 radical (unpaired) electrons. The first kappa shape index (κ1) is 37.8. The fraction of sp³-hybridized carbons (Fsp3) is 0. The highest BCUT2D eigenvalue weighted by atomic mass is 15.0. The molecule has 314 valence electrons. The van der Waals surface area contributed by atoms with Gasteiger partial charge in [0.15, 0.2) is 34.9 Å². The summed E-state index contributed by atoms with van der Waals surface area (Å²) in [5.74, 6) is 3.34. The van der Waals surface area contributed by atoms with Gasteiger partial charge in [-0.1, -0.05) is 109 Å². The van der Waals surface area contributed by atoms with Gasteiger partial charge in [0.1, 0.15) is 0 Å². The lowest BCUT2D eigenvalue weighted by Crippen LogP contribution is -2.02. The Labute approximate surface area is 387 Å². The maximum atomic E-state index is 5.21. The molecule has 14 aromatic rings. The first-order chi connectivity index (χ1) is 33.6. The second kappa shape index (κ2) is 15.0. The number of pyridine rings is 4. The Morgan fingerprint density at radius 3 is 1.09 bits per heavy atom. The van der Waals surface area contributed by atoms with E-state index >= 15 is 0 Å². The average Bonchev–Trinajstić information content (AvgIpc) is 3.41. The summed E-state index contributed by atoms with van der Waals surface area (Å²) >= 11 is 0. The van der Waals surface area contributed by atoms with E-state index in [1.165, 1.54) is 0 Å². The van der Waals surface area contributed by atoms with Gasteiger partial charge in [-0.15, -0.1) is 0 Å². The molecule has 14 rings (SSSR count). The molecule has 10 nitrogen and oxygen atoms in total. The van der Waals surface area contributed by atoms with Crippen molar-refractivity contribution in [3.63, 3.8) is 0 Å². The van der Waals surface area contributed by atoms with E-state index in [-0.39, 0.29) is 0 Å². The molecule has 0 aliphatic heterocycles. The van der Waals surface area contributed by atoms with E-state index < -0.39 is 0 Å². The molecule has 0 saturated heterocycles. The predicted molar refractivity (Wildman–Crippen MR) is 271 cm³/mol. The zero-order chi connectivity index (χ0) is 44.7. The number of benzene rings is 8. The molecule has 10 heteroatoms. The van der Waals surface area contributed by atoms with Crippen LogP contribution in [-0.4, -0.2) is 49.8 Å². The summed E-state index contributed by atoms with van der Waals surface area (Å²) in [6, 6.07) is 57.8. The lowest BCUT2D eigenvalue weighted by atomic mass is 9.89. The van der Waals surface area contributed by atoms with Gasteiger partial charge in [0.25, 0.3) is 0 Å². The van der Waals surface area contributed by atoms with Crippen LogP contribution in [0.25, 0.3) is 144 Å². The first-order valence-electron chi connectivity index (χ1n) is 22.3. The summed E-state index contributed by atoms with van der Waals surface area (Å²) in [6.07, 6.45) is 7.30. The Balaban J connectivity index is 0.947. The summed E-state index contributed by atoms with van der Waals surface area (Å²) in [6.45, 7) is 0. The van der Waals surface area contributed by atoms with Crippen molar-refractivity contribution in [1.29, 1.82) is 0 Å². The second-order valence-corrected chi connectivity index (χ2v) is 16.9. The molecular weight excluding hydrogens is 837 g/mol. The predicted octanol–water partition coefficient (Wildman–Crippen LogP) is 13.1. The monoisotopic (exact) mass is 868 g/mol. The molecule has 0 spiro atoms. The highest BCUT2D eigenvalue weighted by Crippen LogP contribution is 2.42. The van der Waals surface area contributed by atoms with Crippen molar-refractivity contribution in [2.45, 2.75) is 0 Å². The summed E-state index contributed by atoms with van der Waals surface area (Å²) in [5, 5.41) is 10.4. The molecular formula is C58H32N10. The molecule has 0 saturated carbocycles. The molecule has 8 aromatic carbocycles. The quantitative estimate of drug-likeness (QED) is 0.118. The van der Waals surface area contributed by atoms with Gasteiger partial charge < -0.3 is 0 Å². The lowest BCUT2D eigenvalue weighted by Gasteiger charge is -2.16. The van der Waals surface area contributed by atoms with Gasteiger partial charge in [0.2, 0.25) is 0 Å². The molecule has 0 N–H and O–H groups in total. The molecule has 0 atom stereocenters. The van der Waals surface area contributed by atoms with Crippen molar-refractivity contribution in [1.82, 2.24) is 49.8 Å². The Kier molecular flexibility index (Phi) is 8.34. The van der Waals surface area contributed by atoms with E-state index in [1.807, 2.05) is 110 Å². The molecule has 0 aliphatic carbocycles. The zero-order valence-corrected chi connectivity index (χ0v) is 35.9. The van der Waals surface area contributed by atoms with Crippen molar-refractivity contribution in [3.05, 3.63) is 195 Å². The zero-order valence-electron chi connectivity index (χ0n) is 35.9. The highest BCUT2D eigenvalue weighted by Gasteiger charge is 2.21. The molecule has 0 bridgehead atoms. The minimum atomic E-state index is 0.531. The van der Waals surface area contributed by atoms with Crippen LogP contribution in [-0.2, 0) is 0 Å². The normalized spacial score (nSPS) is 11.8. The fourth-order valence-corrected chi connectivity index (χ4v) is 9.51. The third-order valence-electron chi connectivity index (χ3n) is 12.8. The minimum Gasteiger partial charge on any atom is -0.256 e. The van der Waals surface area contributed by atoms with Gasteiger partial charge in [-0.2, -0.15) is 0 Å². The Morgan fingerprint density at radius 1 is 0.250 bits per heavy atom. The van der Waals surface area contributed by atoms with Gasteiger partial charge in [-0.05, 0) is 93.0 Å². The number of aromatic nitrogens is 10. The lowest BCUT2D eigenvalue weighted by molar-refractivity contribution is 1.07. The van der Waals surface area contributed by atoms with E-state index in [2.05, 4.69) is 94.9 Å². The van der Waals surface area contributed by atoms with Crippen LogP contribution in [0.1, 0.15) is 0 Å². The summed E-state index contributed by atoms with van der Waals surface area (Å²) in [7, 11) is 0. The maximum absolute atomic E-state index is 5.21. The van der Waals surface area contributed by atoms with Crippen LogP contribution < -0.4 is 0 Å². The highest BCUT2D eigenvalue weighted by molar-refractivity contribution is 6.27. The Morgan fingerprint density at radius 2 is 0.632 bits per heavy atom. The smallest absolute Gasteiger partial charge is 0.165 e. The molecule has 0 amide bonds. The van der Waals surface area contributed by atoms with Crippen LogP contribution in [0.5, 0.6) is 0 Å².